The normalized spacial score (nSPS) is 12.3. The second-order valence-corrected chi connectivity index (χ2v) is 9.25. The van der Waals surface area contributed by atoms with Crippen LogP contribution in [-0.2, 0) is 21.0 Å². The number of aryl methyl sites for hydroxylation is 1. The summed E-state index contributed by atoms with van der Waals surface area (Å²) < 4.78 is 65.3. The second-order valence-electron chi connectivity index (χ2n) is 5.91. The van der Waals surface area contributed by atoms with Crippen LogP contribution in [0.3, 0.4) is 0 Å². The third-order valence-corrected chi connectivity index (χ3v) is 6.55. The SMILES string of the molecule is Cc1cc(Br)ccc1NC(=O)CN(C)S(=O)(=O)c1cc(C(F)(F)F)ccc1Cl. The lowest BCUT2D eigenvalue weighted by molar-refractivity contribution is -0.137. The molecule has 0 bridgehead atoms. The van der Waals surface area contributed by atoms with Crippen LogP contribution in [0.1, 0.15) is 11.1 Å². The summed E-state index contributed by atoms with van der Waals surface area (Å²) in [7, 11) is -3.34. The van der Waals surface area contributed by atoms with Gasteiger partial charge in [-0.2, -0.15) is 17.5 Å². The Balaban J connectivity index is 2.23. The van der Waals surface area contributed by atoms with Gasteiger partial charge in [0.25, 0.3) is 0 Å². The van der Waals surface area contributed by atoms with Crippen LogP contribution in [0.25, 0.3) is 0 Å². The van der Waals surface area contributed by atoms with Crippen LogP contribution in [0, 0.1) is 6.92 Å². The van der Waals surface area contributed by atoms with Crippen molar-refractivity contribution in [3.05, 3.63) is 57.0 Å². The number of hydrogen-bond acceptors (Lipinski definition) is 3. The number of amides is 1. The smallest absolute Gasteiger partial charge is 0.325 e. The maximum absolute atomic E-state index is 12.9. The summed E-state index contributed by atoms with van der Waals surface area (Å²) in [5, 5.41) is 2.19. The highest BCUT2D eigenvalue weighted by Crippen LogP contribution is 2.34. The van der Waals surface area contributed by atoms with Crippen molar-refractivity contribution in [2.45, 2.75) is 18.0 Å². The number of hydrogen-bond donors (Lipinski definition) is 1. The predicted octanol–water partition coefficient (Wildman–Crippen LogP) is 4.69. The zero-order chi connectivity index (χ0) is 21.3. The lowest BCUT2D eigenvalue weighted by Gasteiger charge is -2.19. The van der Waals surface area contributed by atoms with Crippen LogP contribution in [0.15, 0.2) is 45.8 Å². The molecule has 5 nitrogen and oxygen atoms in total. The standard InChI is InChI=1S/C17H15BrClF3N2O3S/c1-10-7-12(18)4-6-14(10)23-16(25)9-24(2)28(26,27)15-8-11(17(20,21)22)3-5-13(15)19/h3-8H,9H2,1-2H3,(H,23,25). The third kappa shape index (κ3) is 5.25. The van der Waals surface area contributed by atoms with Gasteiger partial charge in [-0.1, -0.05) is 27.5 Å². The molecule has 0 unspecified atom stereocenters. The number of sulfonamides is 1. The molecule has 2 aromatic rings. The number of nitrogens with one attached hydrogen (secondary N) is 1. The van der Waals surface area contributed by atoms with Crippen molar-refractivity contribution < 1.29 is 26.4 Å². The fourth-order valence-electron chi connectivity index (χ4n) is 2.29. The zero-order valence-electron chi connectivity index (χ0n) is 14.6. The maximum atomic E-state index is 12.9. The molecule has 0 radical (unpaired) electrons. The number of benzene rings is 2. The molecule has 0 spiro atoms. The average molecular weight is 500 g/mol. The summed E-state index contributed by atoms with van der Waals surface area (Å²) >= 11 is 9.09. The summed E-state index contributed by atoms with van der Waals surface area (Å²) in [4.78, 5) is 11.5. The molecule has 0 heterocycles. The number of halogens is 5. The highest BCUT2D eigenvalue weighted by molar-refractivity contribution is 9.10. The van der Waals surface area contributed by atoms with E-state index >= 15 is 0 Å². The maximum Gasteiger partial charge on any atom is 0.416 e. The molecule has 0 aromatic heterocycles. The van der Waals surface area contributed by atoms with Gasteiger partial charge in [0.1, 0.15) is 4.90 Å². The van der Waals surface area contributed by atoms with Gasteiger partial charge in [0, 0.05) is 17.2 Å². The third-order valence-electron chi connectivity index (χ3n) is 3.78. The van der Waals surface area contributed by atoms with E-state index in [9.17, 15) is 26.4 Å². The zero-order valence-corrected chi connectivity index (χ0v) is 17.8. The van der Waals surface area contributed by atoms with E-state index in [1.165, 1.54) is 0 Å². The van der Waals surface area contributed by atoms with Crippen LogP contribution < -0.4 is 5.32 Å². The van der Waals surface area contributed by atoms with Crippen molar-refractivity contribution in [3.63, 3.8) is 0 Å². The molecule has 0 aliphatic heterocycles. The molecule has 0 saturated heterocycles. The van der Waals surface area contributed by atoms with Crippen molar-refractivity contribution in [1.82, 2.24) is 4.31 Å². The first-order valence-electron chi connectivity index (χ1n) is 7.71. The summed E-state index contributed by atoms with van der Waals surface area (Å²) in [6.45, 7) is 1.15. The number of anilines is 1. The molecule has 11 heteroatoms. The highest BCUT2D eigenvalue weighted by atomic mass is 79.9. The molecule has 152 valence electrons. The predicted molar refractivity (Wildman–Crippen MR) is 104 cm³/mol. The van der Waals surface area contributed by atoms with Crippen molar-refractivity contribution >= 4 is 49.1 Å². The Morgan fingerprint density at radius 2 is 1.86 bits per heavy atom. The van der Waals surface area contributed by atoms with Gasteiger partial charge in [0.15, 0.2) is 0 Å². The first-order chi connectivity index (χ1) is 12.8. The fourth-order valence-corrected chi connectivity index (χ4v) is 4.39. The lowest BCUT2D eigenvalue weighted by atomic mass is 10.2. The fraction of sp³-hybridized carbons (Fsp3) is 0.235. The molecule has 0 atom stereocenters. The van der Waals surface area contributed by atoms with E-state index in [1.54, 1.807) is 25.1 Å². The van der Waals surface area contributed by atoms with Gasteiger partial charge in [-0.3, -0.25) is 4.79 Å². The van der Waals surface area contributed by atoms with Crippen LogP contribution in [0.5, 0.6) is 0 Å². The summed E-state index contributed by atoms with van der Waals surface area (Å²) in [6.07, 6.45) is -4.73. The quantitative estimate of drug-likeness (QED) is 0.649. The van der Waals surface area contributed by atoms with E-state index in [0.29, 0.717) is 22.1 Å². The van der Waals surface area contributed by atoms with Crippen molar-refractivity contribution in [1.29, 1.82) is 0 Å². The Bertz CT molecular complexity index is 1010. The van der Waals surface area contributed by atoms with Gasteiger partial charge < -0.3 is 5.32 Å². The van der Waals surface area contributed by atoms with Crippen molar-refractivity contribution in [2.24, 2.45) is 0 Å². The molecule has 1 amide bonds. The van der Waals surface area contributed by atoms with E-state index in [1.807, 2.05) is 0 Å². The second kappa shape index (κ2) is 8.40. The summed E-state index contributed by atoms with van der Waals surface area (Å²) in [5.41, 5.74) is 0.0732. The van der Waals surface area contributed by atoms with E-state index in [-0.39, 0.29) is 5.02 Å². The Hall–Kier alpha value is -1.62. The van der Waals surface area contributed by atoms with Gasteiger partial charge in [0.05, 0.1) is 17.1 Å². The summed E-state index contributed by atoms with van der Waals surface area (Å²) in [6, 6.07) is 7.09. The molecular formula is C17H15BrClF3N2O3S. The van der Waals surface area contributed by atoms with Gasteiger partial charge in [-0.25, -0.2) is 8.42 Å². The molecule has 2 aromatic carbocycles. The number of rotatable bonds is 5. The molecule has 0 aliphatic carbocycles. The van der Waals surface area contributed by atoms with Gasteiger partial charge in [0.2, 0.25) is 15.9 Å². The van der Waals surface area contributed by atoms with Gasteiger partial charge in [-0.15, -0.1) is 0 Å². The van der Waals surface area contributed by atoms with E-state index in [4.69, 9.17) is 11.6 Å². The number of alkyl halides is 3. The van der Waals surface area contributed by atoms with Crippen molar-refractivity contribution in [3.8, 4) is 0 Å². The number of likely N-dealkylation sites (N-methyl/N-ethyl adjacent to an activating group) is 1. The Morgan fingerprint density at radius 1 is 1.21 bits per heavy atom. The number of carbonyl (C=O) groups excluding carboxylic acids is 1. The minimum Gasteiger partial charge on any atom is -0.325 e. The van der Waals surface area contributed by atoms with Crippen LogP contribution in [0.2, 0.25) is 5.02 Å². The Kier molecular flexibility index (Phi) is 6.80. The molecule has 2 rings (SSSR count). The lowest BCUT2D eigenvalue weighted by Crippen LogP contribution is -2.35. The molecule has 0 aliphatic rings. The summed E-state index contributed by atoms with van der Waals surface area (Å²) in [5.74, 6) is -0.653. The van der Waals surface area contributed by atoms with Gasteiger partial charge in [-0.05, 0) is 48.9 Å². The topological polar surface area (TPSA) is 66.5 Å². The van der Waals surface area contributed by atoms with E-state index in [0.717, 1.165) is 23.2 Å². The minimum atomic E-state index is -4.73. The number of nitrogens with zero attached hydrogens (tertiary/aromatic N) is 1. The minimum absolute atomic E-state index is 0.371. The number of carbonyl (C=O) groups is 1. The van der Waals surface area contributed by atoms with Gasteiger partial charge >= 0.3 is 6.18 Å². The molecule has 0 saturated carbocycles. The van der Waals surface area contributed by atoms with Crippen LogP contribution in [0.4, 0.5) is 18.9 Å². The molecule has 0 fully saturated rings. The van der Waals surface area contributed by atoms with E-state index in [2.05, 4.69) is 21.2 Å². The molecule has 1 N–H and O–H groups in total. The highest BCUT2D eigenvalue weighted by Gasteiger charge is 2.34. The van der Waals surface area contributed by atoms with Crippen LogP contribution >= 0.6 is 27.5 Å². The van der Waals surface area contributed by atoms with E-state index < -0.39 is 39.1 Å². The molecular weight excluding hydrogens is 485 g/mol. The Morgan fingerprint density at radius 3 is 2.43 bits per heavy atom. The van der Waals surface area contributed by atoms with Crippen molar-refractivity contribution in [2.75, 3.05) is 18.9 Å². The first-order valence-corrected chi connectivity index (χ1v) is 10.3. The molecule has 28 heavy (non-hydrogen) atoms. The average Bonchev–Trinajstić information content (AvgIpc) is 2.56. The van der Waals surface area contributed by atoms with Crippen LogP contribution in [-0.4, -0.2) is 32.2 Å². The monoisotopic (exact) mass is 498 g/mol. The Labute approximate surface area is 173 Å². The first kappa shape index (κ1) is 22.7. The largest absolute Gasteiger partial charge is 0.416 e.